The number of amides is 2. The molecule has 1 aliphatic heterocycles. The molecule has 1 atom stereocenters. The maximum absolute atomic E-state index is 13.1. The lowest BCUT2D eigenvalue weighted by molar-refractivity contribution is -0.129. The molecule has 2 fully saturated rings. The number of amidine groups is 1. The molecule has 2 aromatic rings. The summed E-state index contributed by atoms with van der Waals surface area (Å²) in [5, 5.41) is 8.56. The minimum absolute atomic E-state index is 0.0640. The summed E-state index contributed by atoms with van der Waals surface area (Å²) in [6.07, 6.45) is 3.62. The summed E-state index contributed by atoms with van der Waals surface area (Å²) in [5.41, 5.74) is 1.68. The minimum atomic E-state index is -0.567. The summed E-state index contributed by atoms with van der Waals surface area (Å²) < 4.78 is 10.8. The molecule has 1 heterocycles. The van der Waals surface area contributed by atoms with Crippen LogP contribution in [0.5, 0.6) is 11.5 Å². The molecule has 0 spiro atoms. The summed E-state index contributed by atoms with van der Waals surface area (Å²) in [6.45, 7) is 0.422. The van der Waals surface area contributed by atoms with Gasteiger partial charge in [0, 0.05) is 18.5 Å². The first-order chi connectivity index (χ1) is 16.1. The molecule has 9 heteroatoms. The number of aliphatic imine (C=N–C) groups is 1. The lowest BCUT2D eigenvalue weighted by atomic mass is 10.2. The number of para-hydroxylation sites is 1. The van der Waals surface area contributed by atoms with Gasteiger partial charge in [-0.15, -0.1) is 0 Å². The van der Waals surface area contributed by atoms with Crippen LogP contribution in [-0.2, 0) is 16.1 Å². The standard InChI is InChI=1S/C24H26N4O4S/c1-31-19-10-6-9-17(22(19)32-2)15-26-28-23(30)20(33-24(28)27-18-11-12-18)13-21(29)25-14-16-7-4-3-5-8-16/h3-10,15,18,20H,11-14H2,1-2H3,(H,25,29)/b26-15+,27-24?. The summed E-state index contributed by atoms with van der Waals surface area (Å²) in [7, 11) is 3.11. The van der Waals surface area contributed by atoms with E-state index in [1.165, 1.54) is 16.8 Å². The van der Waals surface area contributed by atoms with Gasteiger partial charge in [-0.2, -0.15) is 10.1 Å². The van der Waals surface area contributed by atoms with Crippen molar-refractivity contribution in [3.8, 4) is 11.5 Å². The Hall–Kier alpha value is -3.33. The van der Waals surface area contributed by atoms with Crippen molar-refractivity contribution in [2.45, 2.75) is 37.1 Å². The van der Waals surface area contributed by atoms with Crippen LogP contribution in [-0.4, -0.2) is 53.7 Å². The predicted octanol–water partition coefficient (Wildman–Crippen LogP) is 3.21. The topological polar surface area (TPSA) is 92.6 Å². The summed E-state index contributed by atoms with van der Waals surface area (Å²) in [4.78, 5) is 30.2. The Kier molecular flexibility index (Phi) is 7.29. The third kappa shape index (κ3) is 5.73. The monoisotopic (exact) mass is 466 g/mol. The highest BCUT2D eigenvalue weighted by Crippen LogP contribution is 2.34. The molecule has 4 rings (SSSR count). The van der Waals surface area contributed by atoms with E-state index < -0.39 is 5.25 Å². The van der Waals surface area contributed by atoms with Crippen molar-refractivity contribution in [1.29, 1.82) is 0 Å². The predicted molar refractivity (Wildman–Crippen MR) is 129 cm³/mol. The van der Waals surface area contributed by atoms with Gasteiger partial charge in [0.25, 0.3) is 5.91 Å². The second kappa shape index (κ2) is 10.5. The van der Waals surface area contributed by atoms with Gasteiger partial charge in [0.15, 0.2) is 16.7 Å². The number of carbonyl (C=O) groups is 2. The molecule has 1 unspecified atom stereocenters. The lowest BCUT2D eigenvalue weighted by Crippen LogP contribution is -2.32. The van der Waals surface area contributed by atoms with Gasteiger partial charge < -0.3 is 14.8 Å². The van der Waals surface area contributed by atoms with Gasteiger partial charge in [0.1, 0.15) is 5.25 Å². The van der Waals surface area contributed by atoms with Crippen LogP contribution in [0.1, 0.15) is 30.4 Å². The maximum atomic E-state index is 13.1. The van der Waals surface area contributed by atoms with E-state index in [1.54, 1.807) is 26.5 Å². The van der Waals surface area contributed by atoms with E-state index in [4.69, 9.17) is 9.47 Å². The number of rotatable bonds is 9. The van der Waals surface area contributed by atoms with E-state index in [-0.39, 0.29) is 24.3 Å². The Labute approximate surface area is 197 Å². The molecule has 8 nitrogen and oxygen atoms in total. The molecule has 1 aliphatic carbocycles. The second-order valence-corrected chi connectivity index (χ2v) is 8.86. The fraction of sp³-hybridized carbons (Fsp3) is 0.333. The minimum Gasteiger partial charge on any atom is -0.493 e. The second-order valence-electron chi connectivity index (χ2n) is 7.69. The van der Waals surface area contributed by atoms with Gasteiger partial charge in [-0.05, 0) is 30.5 Å². The fourth-order valence-electron chi connectivity index (χ4n) is 3.31. The van der Waals surface area contributed by atoms with Crippen molar-refractivity contribution >= 4 is 35.0 Å². The maximum Gasteiger partial charge on any atom is 0.263 e. The van der Waals surface area contributed by atoms with Crippen LogP contribution in [0, 0.1) is 0 Å². The number of ether oxygens (including phenoxy) is 2. The van der Waals surface area contributed by atoms with Crippen LogP contribution in [0.4, 0.5) is 0 Å². The van der Waals surface area contributed by atoms with Gasteiger partial charge in [-0.1, -0.05) is 48.2 Å². The van der Waals surface area contributed by atoms with Crippen LogP contribution in [0.25, 0.3) is 0 Å². The Balaban J connectivity index is 1.46. The number of hydrogen-bond acceptors (Lipinski definition) is 7. The van der Waals surface area contributed by atoms with Gasteiger partial charge in [0.2, 0.25) is 5.91 Å². The average Bonchev–Trinajstić information content (AvgIpc) is 3.61. The largest absolute Gasteiger partial charge is 0.493 e. The molecule has 0 bridgehead atoms. The molecule has 1 N–H and O–H groups in total. The van der Waals surface area contributed by atoms with E-state index in [9.17, 15) is 9.59 Å². The molecule has 33 heavy (non-hydrogen) atoms. The highest BCUT2D eigenvalue weighted by Gasteiger charge is 2.40. The molecule has 0 aromatic heterocycles. The number of thioether (sulfide) groups is 1. The number of methoxy groups -OCH3 is 2. The quantitative estimate of drug-likeness (QED) is 0.573. The van der Waals surface area contributed by atoms with Crippen molar-refractivity contribution in [3.63, 3.8) is 0 Å². The van der Waals surface area contributed by atoms with E-state index >= 15 is 0 Å². The zero-order valence-corrected chi connectivity index (χ0v) is 19.4. The Bertz CT molecular complexity index is 1070. The highest BCUT2D eigenvalue weighted by atomic mass is 32.2. The normalized spacial score (nSPS) is 19.3. The summed E-state index contributed by atoms with van der Waals surface area (Å²) >= 11 is 1.29. The van der Waals surface area contributed by atoms with Gasteiger partial charge >= 0.3 is 0 Å². The fourth-order valence-corrected chi connectivity index (χ4v) is 4.45. The van der Waals surface area contributed by atoms with Gasteiger partial charge in [0.05, 0.1) is 26.5 Å². The molecule has 2 aromatic carbocycles. The number of hydrogen-bond donors (Lipinski definition) is 1. The number of nitrogens with one attached hydrogen (secondary N) is 1. The first-order valence-corrected chi connectivity index (χ1v) is 11.6. The Morgan fingerprint density at radius 1 is 1.15 bits per heavy atom. The van der Waals surface area contributed by atoms with Crippen LogP contribution in [0.15, 0.2) is 58.6 Å². The third-order valence-electron chi connectivity index (χ3n) is 5.20. The molecule has 1 saturated carbocycles. The molecule has 2 aliphatic rings. The van der Waals surface area contributed by atoms with Gasteiger partial charge in [-0.25, -0.2) is 0 Å². The zero-order chi connectivity index (χ0) is 23.2. The molecule has 2 amide bonds. The summed E-state index contributed by atoms with van der Waals surface area (Å²) in [6, 6.07) is 15.3. The van der Waals surface area contributed by atoms with E-state index in [0.29, 0.717) is 28.8 Å². The van der Waals surface area contributed by atoms with Crippen LogP contribution < -0.4 is 14.8 Å². The number of hydrazone groups is 1. The molecular weight excluding hydrogens is 440 g/mol. The van der Waals surface area contributed by atoms with E-state index in [2.05, 4.69) is 15.4 Å². The molecular formula is C24H26N4O4S. The van der Waals surface area contributed by atoms with Crippen molar-refractivity contribution in [2.24, 2.45) is 10.1 Å². The average molecular weight is 467 g/mol. The first kappa shape index (κ1) is 22.8. The Morgan fingerprint density at radius 3 is 2.64 bits per heavy atom. The number of nitrogens with zero attached hydrogens (tertiary/aromatic N) is 3. The first-order valence-electron chi connectivity index (χ1n) is 10.7. The molecule has 0 radical (unpaired) electrons. The lowest BCUT2D eigenvalue weighted by Gasteiger charge is -2.12. The van der Waals surface area contributed by atoms with Gasteiger partial charge in [-0.3, -0.25) is 14.6 Å². The highest BCUT2D eigenvalue weighted by molar-refractivity contribution is 8.15. The SMILES string of the molecule is COc1cccc(/C=N/N2C(=O)C(CC(=O)NCc3ccccc3)SC2=NC2CC2)c1OC. The van der Waals surface area contributed by atoms with Crippen molar-refractivity contribution in [2.75, 3.05) is 14.2 Å². The van der Waals surface area contributed by atoms with Crippen LogP contribution >= 0.6 is 11.8 Å². The Morgan fingerprint density at radius 2 is 1.94 bits per heavy atom. The zero-order valence-electron chi connectivity index (χ0n) is 18.6. The van der Waals surface area contributed by atoms with Crippen LogP contribution in [0.3, 0.4) is 0 Å². The van der Waals surface area contributed by atoms with Crippen molar-refractivity contribution < 1.29 is 19.1 Å². The third-order valence-corrected chi connectivity index (χ3v) is 6.34. The van der Waals surface area contributed by atoms with Crippen molar-refractivity contribution in [1.82, 2.24) is 10.3 Å². The number of carbonyl (C=O) groups excluding carboxylic acids is 2. The summed E-state index contributed by atoms with van der Waals surface area (Å²) in [5.74, 6) is 0.659. The smallest absolute Gasteiger partial charge is 0.263 e. The molecule has 1 saturated heterocycles. The van der Waals surface area contributed by atoms with Crippen LogP contribution in [0.2, 0.25) is 0 Å². The molecule has 172 valence electrons. The van der Waals surface area contributed by atoms with E-state index in [0.717, 1.165) is 18.4 Å². The van der Waals surface area contributed by atoms with Crippen molar-refractivity contribution in [3.05, 3.63) is 59.7 Å². The van der Waals surface area contributed by atoms with E-state index in [1.807, 2.05) is 42.5 Å². The number of benzene rings is 2.